The van der Waals surface area contributed by atoms with E-state index in [1.807, 2.05) is 36.5 Å². The van der Waals surface area contributed by atoms with Crippen molar-refractivity contribution in [3.63, 3.8) is 0 Å². The summed E-state index contributed by atoms with van der Waals surface area (Å²) in [5, 5.41) is 9.56. The Bertz CT molecular complexity index is 859. The molecule has 1 aromatic heterocycles. The van der Waals surface area contributed by atoms with E-state index in [2.05, 4.69) is 11.1 Å². The number of halogens is 1. The van der Waals surface area contributed by atoms with E-state index >= 15 is 0 Å². The predicted octanol–water partition coefficient (Wildman–Crippen LogP) is 5.66. The van der Waals surface area contributed by atoms with E-state index in [-0.39, 0.29) is 5.92 Å². The maximum absolute atomic E-state index is 15.0. The Kier molecular flexibility index (Phi) is 6.80. The number of rotatable bonds is 9. The Labute approximate surface area is 184 Å². The number of aromatic nitrogens is 1. The zero-order valence-electron chi connectivity index (χ0n) is 18.6. The molecule has 5 heteroatoms. The molecule has 1 aromatic carbocycles. The number of benzene rings is 1. The molecule has 1 unspecified atom stereocenters. The van der Waals surface area contributed by atoms with Gasteiger partial charge in [0.1, 0.15) is 11.4 Å². The molecule has 2 aliphatic carbocycles. The topological polar surface area (TPSA) is 51.6 Å². The Morgan fingerprint density at radius 2 is 1.90 bits per heavy atom. The van der Waals surface area contributed by atoms with Gasteiger partial charge < -0.3 is 14.6 Å². The average molecular weight is 428 g/mol. The first-order chi connectivity index (χ1) is 15.0. The third-order valence-electron chi connectivity index (χ3n) is 7.04. The van der Waals surface area contributed by atoms with Crippen LogP contribution >= 0.6 is 0 Å². The molecular formula is C26H34FNO3. The van der Waals surface area contributed by atoms with Crippen molar-refractivity contribution in [1.82, 2.24) is 4.98 Å². The second kappa shape index (κ2) is 9.56. The predicted molar refractivity (Wildman–Crippen MR) is 119 cm³/mol. The summed E-state index contributed by atoms with van der Waals surface area (Å²) in [7, 11) is 1.65. The van der Waals surface area contributed by atoms with Gasteiger partial charge in [-0.3, -0.25) is 0 Å². The largest absolute Gasteiger partial charge is 0.493 e. The number of hydrogen-bond donors (Lipinski definition) is 1. The number of pyridine rings is 1. The van der Waals surface area contributed by atoms with Gasteiger partial charge >= 0.3 is 0 Å². The van der Waals surface area contributed by atoms with E-state index in [4.69, 9.17) is 9.47 Å². The average Bonchev–Trinajstić information content (AvgIpc) is 3.63. The van der Waals surface area contributed by atoms with E-state index in [0.717, 1.165) is 49.8 Å². The minimum atomic E-state index is -1.60. The lowest BCUT2D eigenvalue weighted by atomic mass is 9.79. The van der Waals surface area contributed by atoms with E-state index in [0.29, 0.717) is 30.2 Å². The van der Waals surface area contributed by atoms with Crippen LogP contribution in [0.3, 0.4) is 0 Å². The van der Waals surface area contributed by atoms with Gasteiger partial charge in [0.25, 0.3) is 0 Å². The Morgan fingerprint density at radius 1 is 1.13 bits per heavy atom. The molecule has 2 aromatic rings. The van der Waals surface area contributed by atoms with E-state index in [1.165, 1.54) is 12.5 Å². The zero-order valence-corrected chi connectivity index (χ0v) is 18.6. The van der Waals surface area contributed by atoms with Crippen LogP contribution in [-0.2, 0) is 0 Å². The quantitative estimate of drug-likeness (QED) is 0.561. The molecule has 2 fully saturated rings. The fourth-order valence-electron chi connectivity index (χ4n) is 5.10. The summed E-state index contributed by atoms with van der Waals surface area (Å²) >= 11 is 0. The molecule has 4 nitrogen and oxygen atoms in total. The van der Waals surface area contributed by atoms with Gasteiger partial charge in [-0.2, -0.15) is 0 Å². The van der Waals surface area contributed by atoms with Gasteiger partial charge in [-0.05, 0) is 92.5 Å². The number of aliphatic hydroxyl groups excluding tert-OH is 1. The monoisotopic (exact) mass is 427 g/mol. The fraction of sp³-hybridized carbons (Fsp3) is 0.577. The highest BCUT2D eigenvalue weighted by atomic mass is 19.1. The normalized spacial score (nSPS) is 24.3. The van der Waals surface area contributed by atoms with Gasteiger partial charge in [0, 0.05) is 18.2 Å². The van der Waals surface area contributed by atoms with Crippen molar-refractivity contribution in [2.45, 2.75) is 63.0 Å². The summed E-state index contributed by atoms with van der Waals surface area (Å²) in [6, 6.07) is 12.0. The van der Waals surface area contributed by atoms with Crippen molar-refractivity contribution < 1.29 is 19.0 Å². The first-order valence-corrected chi connectivity index (χ1v) is 11.5. The van der Waals surface area contributed by atoms with Crippen molar-refractivity contribution in [2.75, 3.05) is 20.3 Å². The first-order valence-electron chi connectivity index (χ1n) is 11.5. The summed E-state index contributed by atoms with van der Waals surface area (Å²) < 4.78 is 26.4. The molecule has 0 spiro atoms. The molecule has 0 amide bonds. The summed E-state index contributed by atoms with van der Waals surface area (Å²) in [5.41, 5.74) is 0.644. The third-order valence-corrected chi connectivity index (χ3v) is 7.04. The van der Waals surface area contributed by atoms with Crippen LogP contribution in [-0.4, -0.2) is 36.1 Å². The molecule has 2 atom stereocenters. The van der Waals surface area contributed by atoms with Crippen LogP contribution in [0.1, 0.15) is 68.4 Å². The second-order valence-corrected chi connectivity index (χ2v) is 9.48. The van der Waals surface area contributed by atoms with Crippen LogP contribution in [0.5, 0.6) is 11.6 Å². The second-order valence-electron chi connectivity index (χ2n) is 9.48. The van der Waals surface area contributed by atoms with E-state index in [9.17, 15) is 9.50 Å². The van der Waals surface area contributed by atoms with Gasteiger partial charge in [0.2, 0.25) is 5.88 Å². The van der Waals surface area contributed by atoms with Crippen LogP contribution in [0.2, 0.25) is 0 Å². The molecule has 1 N–H and O–H groups in total. The molecule has 168 valence electrons. The zero-order chi connectivity index (χ0) is 21.8. The lowest BCUT2D eigenvalue weighted by Crippen LogP contribution is -2.33. The highest BCUT2D eigenvalue weighted by Gasteiger charge is 2.45. The lowest BCUT2D eigenvalue weighted by Gasteiger charge is -2.30. The smallest absolute Gasteiger partial charge is 0.213 e. The highest BCUT2D eigenvalue weighted by Crippen LogP contribution is 2.50. The van der Waals surface area contributed by atoms with Crippen LogP contribution in [0, 0.1) is 11.8 Å². The van der Waals surface area contributed by atoms with Crippen LogP contribution in [0.15, 0.2) is 42.6 Å². The maximum atomic E-state index is 15.0. The maximum Gasteiger partial charge on any atom is 0.213 e. The van der Waals surface area contributed by atoms with E-state index < -0.39 is 12.3 Å². The molecule has 31 heavy (non-hydrogen) atoms. The molecule has 0 radical (unpaired) electrons. The number of aliphatic hydroxyl groups is 1. The van der Waals surface area contributed by atoms with Crippen LogP contribution < -0.4 is 9.47 Å². The summed E-state index contributed by atoms with van der Waals surface area (Å²) in [4.78, 5) is 4.21. The fourth-order valence-corrected chi connectivity index (χ4v) is 5.10. The van der Waals surface area contributed by atoms with Gasteiger partial charge in [0.05, 0.1) is 20.3 Å². The SMILES string of the molecule is COc1cc(C2CCC(COc3cccc([C@H](C4CC4)C(C)(F)CO)c3)CC2)ccn1. The Morgan fingerprint density at radius 3 is 2.58 bits per heavy atom. The molecule has 1 heterocycles. The van der Waals surface area contributed by atoms with Gasteiger partial charge in [-0.1, -0.05) is 12.1 Å². The molecule has 2 saturated carbocycles. The number of hydrogen-bond acceptors (Lipinski definition) is 4. The van der Waals surface area contributed by atoms with Crippen molar-refractivity contribution in [1.29, 1.82) is 0 Å². The summed E-state index contributed by atoms with van der Waals surface area (Å²) in [6.07, 6.45) is 8.43. The van der Waals surface area contributed by atoms with Crippen molar-refractivity contribution in [3.05, 3.63) is 53.7 Å². The van der Waals surface area contributed by atoms with Gasteiger partial charge in [0.15, 0.2) is 0 Å². The lowest BCUT2D eigenvalue weighted by molar-refractivity contribution is 0.0539. The van der Waals surface area contributed by atoms with Gasteiger partial charge in [-0.15, -0.1) is 0 Å². The molecule has 2 aliphatic rings. The minimum Gasteiger partial charge on any atom is -0.493 e. The minimum absolute atomic E-state index is 0.270. The number of ether oxygens (including phenoxy) is 2. The van der Waals surface area contributed by atoms with E-state index in [1.54, 1.807) is 7.11 Å². The number of methoxy groups -OCH3 is 1. The van der Waals surface area contributed by atoms with Crippen molar-refractivity contribution in [3.8, 4) is 11.6 Å². The summed E-state index contributed by atoms with van der Waals surface area (Å²) in [5.74, 6) is 2.62. The molecule has 0 bridgehead atoms. The van der Waals surface area contributed by atoms with Gasteiger partial charge in [-0.25, -0.2) is 9.37 Å². The molecule has 0 aliphatic heterocycles. The summed E-state index contributed by atoms with van der Waals surface area (Å²) in [6.45, 7) is 1.75. The molecule has 0 saturated heterocycles. The third kappa shape index (κ3) is 5.38. The van der Waals surface area contributed by atoms with Crippen LogP contribution in [0.25, 0.3) is 0 Å². The molecule has 4 rings (SSSR count). The first kappa shape index (κ1) is 22.1. The Hall–Kier alpha value is -2.14. The standard InChI is InChI=1S/C26H34FNO3/c1-26(27,17-29)25(20-10-11-20)22-4-3-5-23(14-22)31-16-18-6-8-19(9-7-18)21-12-13-28-24(15-21)30-2/h3-5,12-15,18-20,25,29H,6-11,16-17H2,1-2H3/t18?,19?,25-,26?/m0/s1. The molecular weight excluding hydrogens is 393 g/mol. The van der Waals surface area contributed by atoms with Crippen LogP contribution in [0.4, 0.5) is 4.39 Å². The Balaban J connectivity index is 1.33. The van der Waals surface area contributed by atoms with Crippen molar-refractivity contribution in [2.24, 2.45) is 11.8 Å². The number of alkyl halides is 1. The number of nitrogens with zero attached hydrogens (tertiary/aromatic N) is 1. The van der Waals surface area contributed by atoms with Crippen molar-refractivity contribution >= 4 is 0 Å². The highest BCUT2D eigenvalue weighted by molar-refractivity contribution is 5.34.